The zero-order chi connectivity index (χ0) is 14.7. The SMILES string of the molecule is COC(C)(CN)C1CCCN(C(=O)OC(C)(C)C)C1. The zero-order valence-corrected chi connectivity index (χ0v) is 12.9. The molecule has 1 rings (SSSR count). The topological polar surface area (TPSA) is 64.8 Å². The maximum absolute atomic E-state index is 12.1. The third kappa shape index (κ3) is 4.35. The Bertz CT molecular complexity index is 308. The van der Waals surface area contributed by atoms with Gasteiger partial charge in [0.25, 0.3) is 0 Å². The first kappa shape index (κ1) is 16.2. The van der Waals surface area contributed by atoms with Crippen LogP contribution in [0.5, 0.6) is 0 Å². The third-order valence-electron chi connectivity index (χ3n) is 3.81. The van der Waals surface area contributed by atoms with E-state index in [1.165, 1.54) is 0 Å². The Morgan fingerprint density at radius 3 is 2.47 bits per heavy atom. The van der Waals surface area contributed by atoms with E-state index < -0.39 is 5.60 Å². The van der Waals surface area contributed by atoms with E-state index in [0.717, 1.165) is 19.4 Å². The molecule has 1 fully saturated rings. The van der Waals surface area contributed by atoms with E-state index >= 15 is 0 Å². The number of hydrogen-bond acceptors (Lipinski definition) is 4. The zero-order valence-electron chi connectivity index (χ0n) is 12.9. The number of amides is 1. The minimum absolute atomic E-state index is 0.243. The second-order valence-corrected chi connectivity index (χ2v) is 6.49. The summed E-state index contributed by atoms with van der Waals surface area (Å²) in [6.07, 6.45) is 1.75. The first-order valence-corrected chi connectivity index (χ1v) is 6.95. The number of likely N-dealkylation sites (tertiary alicyclic amines) is 1. The highest BCUT2D eigenvalue weighted by molar-refractivity contribution is 5.68. The highest BCUT2D eigenvalue weighted by Gasteiger charge is 2.38. The van der Waals surface area contributed by atoms with Crippen molar-refractivity contribution >= 4 is 6.09 Å². The van der Waals surface area contributed by atoms with Crippen LogP contribution in [0.15, 0.2) is 0 Å². The van der Waals surface area contributed by atoms with E-state index in [2.05, 4.69) is 0 Å². The van der Waals surface area contributed by atoms with E-state index in [1.807, 2.05) is 27.7 Å². The molecule has 112 valence electrons. The molecule has 2 N–H and O–H groups in total. The van der Waals surface area contributed by atoms with Crippen LogP contribution in [0.1, 0.15) is 40.5 Å². The lowest BCUT2D eigenvalue weighted by molar-refractivity contribution is -0.0618. The summed E-state index contributed by atoms with van der Waals surface area (Å²) in [6.45, 7) is 9.50. The largest absolute Gasteiger partial charge is 0.444 e. The third-order valence-corrected chi connectivity index (χ3v) is 3.81. The number of nitrogens with two attached hydrogens (primary N) is 1. The molecule has 5 heteroatoms. The molecule has 1 amide bonds. The van der Waals surface area contributed by atoms with Crippen molar-refractivity contribution in [3.05, 3.63) is 0 Å². The minimum atomic E-state index is -0.456. The second kappa shape index (κ2) is 6.09. The number of carbonyl (C=O) groups excluding carboxylic acids is 1. The molecule has 1 saturated heterocycles. The number of ether oxygens (including phenoxy) is 2. The number of carbonyl (C=O) groups is 1. The molecule has 2 atom stereocenters. The Morgan fingerprint density at radius 1 is 1.37 bits per heavy atom. The van der Waals surface area contributed by atoms with Crippen LogP contribution >= 0.6 is 0 Å². The molecule has 5 nitrogen and oxygen atoms in total. The van der Waals surface area contributed by atoms with Gasteiger partial charge in [-0.15, -0.1) is 0 Å². The van der Waals surface area contributed by atoms with Crippen LogP contribution in [0, 0.1) is 5.92 Å². The van der Waals surface area contributed by atoms with Gasteiger partial charge in [0, 0.05) is 32.7 Å². The molecule has 19 heavy (non-hydrogen) atoms. The van der Waals surface area contributed by atoms with E-state index in [4.69, 9.17) is 15.2 Å². The van der Waals surface area contributed by atoms with Crippen LogP contribution in [-0.2, 0) is 9.47 Å². The van der Waals surface area contributed by atoms with Crippen molar-refractivity contribution in [2.75, 3.05) is 26.7 Å². The minimum Gasteiger partial charge on any atom is -0.444 e. The first-order chi connectivity index (χ1) is 8.72. The van der Waals surface area contributed by atoms with E-state index in [0.29, 0.717) is 13.1 Å². The van der Waals surface area contributed by atoms with Gasteiger partial charge in [0.15, 0.2) is 0 Å². The molecular formula is C14H28N2O3. The Labute approximate surface area is 116 Å². The Kier molecular flexibility index (Phi) is 5.21. The predicted octanol–water partition coefficient (Wildman–Crippen LogP) is 2.00. The molecule has 1 aliphatic heterocycles. The molecule has 0 radical (unpaired) electrons. The van der Waals surface area contributed by atoms with Crippen LogP contribution in [0.25, 0.3) is 0 Å². The van der Waals surface area contributed by atoms with Gasteiger partial charge in [0.1, 0.15) is 5.60 Å². The van der Waals surface area contributed by atoms with Gasteiger partial charge >= 0.3 is 6.09 Å². The van der Waals surface area contributed by atoms with Gasteiger partial charge in [-0.2, -0.15) is 0 Å². The second-order valence-electron chi connectivity index (χ2n) is 6.49. The molecule has 0 bridgehead atoms. The van der Waals surface area contributed by atoms with Crippen molar-refractivity contribution in [1.82, 2.24) is 4.90 Å². The van der Waals surface area contributed by atoms with Crippen molar-refractivity contribution in [2.24, 2.45) is 11.7 Å². The van der Waals surface area contributed by atoms with Gasteiger partial charge in [0.2, 0.25) is 0 Å². The maximum atomic E-state index is 12.1. The van der Waals surface area contributed by atoms with Crippen molar-refractivity contribution in [2.45, 2.75) is 51.7 Å². The summed E-state index contributed by atoms with van der Waals surface area (Å²) in [7, 11) is 1.68. The van der Waals surface area contributed by atoms with Crippen LogP contribution in [-0.4, -0.2) is 48.9 Å². The normalized spacial score (nSPS) is 23.9. The highest BCUT2D eigenvalue weighted by Crippen LogP contribution is 2.29. The summed E-state index contributed by atoms with van der Waals surface area (Å²) in [5, 5.41) is 0. The lowest BCUT2D eigenvalue weighted by atomic mass is 9.82. The Balaban J connectivity index is 2.67. The first-order valence-electron chi connectivity index (χ1n) is 6.95. The van der Waals surface area contributed by atoms with Gasteiger partial charge < -0.3 is 20.1 Å². The molecule has 0 spiro atoms. The lowest BCUT2D eigenvalue weighted by Crippen LogP contribution is -2.53. The fourth-order valence-corrected chi connectivity index (χ4v) is 2.38. The van der Waals surface area contributed by atoms with Crippen molar-refractivity contribution in [1.29, 1.82) is 0 Å². The number of methoxy groups -OCH3 is 1. The van der Waals surface area contributed by atoms with E-state index in [-0.39, 0.29) is 17.6 Å². The standard InChI is InChI=1S/C14H28N2O3/c1-13(2,3)19-12(17)16-8-6-7-11(9-16)14(4,10-15)18-5/h11H,6-10,15H2,1-5H3. The average molecular weight is 272 g/mol. The van der Waals surface area contributed by atoms with Gasteiger partial charge in [0.05, 0.1) is 5.60 Å². The van der Waals surface area contributed by atoms with Crippen LogP contribution in [0.2, 0.25) is 0 Å². The fraction of sp³-hybridized carbons (Fsp3) is 0.929. The number of piperidine rings is 1. The molecule has 0 aromatic carbocycles. The monoisotopic (exact) mass is 272 g/mol. The number of hydrogen-bond donors (Lipinski definition) is 1. The molecule has 0 aromatic rings. The molecule has 1 aliphatic rings. The van der Waals surface area contributed by atoms with Crippen molar-refractivity contribution in [3.63, 3.8) is 0 Å². The molecule has 0 aromatic heterocycles. The molecular weight excluding hydrogens is 244 g/mol. The molecule has 1 heterocycles. The maximum Gasteiger partial charge on any atom is 0.410 e. The average Bonchev–Trinajstić information content (AvgIpc) is 2.36. The van der Waals surface area contributed by atoms with E-state index in [9.17, 15) is 4.79 Å². The van der Waals surface area contributed by atoms with Gasteiger partial charge in [-0.25, -0.2) is 4.79 Å². The van der Waals surface area contributed by atoms with Gasteiger partial charge in [-0.3, -0.25) is 0 Å². The van der Waals surface area contributed by atoms with Crippen LogP contribution < -0.4 is 5.73 Å². The van der Waals surface area contributed by atoms with Crippen molar-refractivity contribution < 1.29 is 14.3 Å². The van der Waals surface area contributed by atoms with E-state index in [1.54, 1.807) is 12.0 Å². The summed E-state index contributed by atoms with van der Waals surface area (Å²) < 4.78 is 11.0. The molecule has 2 unspecified atom stereocenters. The number of nitrogens with zero attached hydrogens (tertiary/aromatic N) is 1. The summed E-state index contributed by atoms with van der Waals surface area (Å²) in [5.74, 6) is 0.253. The predicted molar refractivity (Wildman–Crippen MR) is 75.0 cm³/mol. The smallest absolute Gasteiger partial charge is 0.410 e. The van der Waals surface area contributed by atoms with Crippen LogP contribution in [0.4, 0.5) is 4.79 Å². The Morgan fingerprint density at radius 2 is 2.00 bits per heavy atom. The molecule has 0 aliphatic carbocycles. The Hall–Kier alpha value is -0.810. The van der Waals surface area contributed by atoms with Crippen LogP contribution in [0.3, 0.4) is 0 Å². The molecule has 0 saturated carbocycles. The van der Waals surface area contributed by atoms with Gasteiger partial charge in [-0.1, -0.05) is 0 Å². The quantitative estimate of drug-likeness (QED) is 0.853. The van der Waals surface area contributed by atoms with Gasteiger partial charge in [-0.05, 0) is 40.5 Å². The lowest BCUT2D eigenvalue weighted by Gasteiger charge is -2.42. The summed E-state index contributed by atoms with van der Waals surface area (Å²) in [5.41, 5.74) is 4.98. The fourth-order valence-electron chi connectivity index (χ4n) is 2.38. The number of rotatable bonds is 3. The summed E-state index contributed by atoms with van der Waals surface area (Å²) in [6, 6.07) is 0. The summed E-state index contributed by atoms with van der Waals surface area (Å²) >= 11 is 0. The van der Waals surface area contributed by atoms with Crippen molar-refractivity contribution in [3.8, 4) is 0 Å². The highest BCUT2D eigenvalue weighted by atomic mass is 16.6. The summed E-state index contributed by atoms with van der Waals surface area (Å²) in [4.78, 5) is 13.9.